The molecular formula is C19H23NO. The Labute approximate surface area is 126 Å². The molecule has 1 saturated carbocycles. The molecule has 2 aromatic rings. The second-order valence-electron chi connectivity index (χ2n) is 5.95. The van der Waals surface area contributed by atoms with Crippen LogP contribution in [0.1, 0.15) is 36.3 Å². The van der Waals surface area contributed by atoms with Crippen molar-refractivity contribution in [2.75, 3.05) is 11.9 Å². The molecule has 21 heavy (non-hydrogen) atoms. The zero-order valence-electron chi connectivity index (χ0n) is 12.3. The molecule has 0 saturated heterocycles. The van der Waals surface area contributed by atoms with Gasteiger partial charge < -0.3 is 10.4 Å². The van der Waals surface area contributed by atoms with Crippen LogP contribution in [0.4, 0.5) is 5.69 Å². The van der Waals surface area contributed by atoms with Crippen LogP contribution >= 0.6 is 0 Å². The van der Waals surface area contributed by atoms with Crippen LogP contribution in [0.5, 0.6) is 0 Å². The van der Waals surface area contributed by atoms with Crippen molar-refractivity contribution in [3.63, 3.8) is 0 Å². The van der Waals surface area contributed by atoms with Gasteiger partial charge in [-0.3, -0.25) is 0 Å². The van der Waals surface area contributed by atoms with Gasteiger partial charge in [0.2, 0.25) is 0 Å². The maximum absolute atomic E-state index is 8.91. The number of aliphatic hydroxyl groups excluding tert-OH is 1. The number of nitrogens with one attached hydrogen (secondary N) is 1. The molecule has 0 radical (unpaired) electrons. The molecule has 0 bridgehead atoms. The van der Waals surface area contributed by atoms with E-state index in [-0.39, 0.29) is 6.61 Å². The SMILES string of the molecule is OCCCc1cccc(NC2CC(c3ccccc3)C2)c1. The fraction of sp³-hybridized carbons (Fsp3) is 0.368. The lowest BCUT2D eigenvalue weighted by Gasteiger charge is -2.37. The number of aryl methyl sites for hydroxylation is 1. The molecule has 110 valence electrons. The zero-order valence-corrected chi connectivity index (χ0v) is 12.3. The van der Waals surface area contributed by atoms with Crippen LogP contribution in [-0.2, 0) is 6.42 Å². The van der Waals surface area contributed by atoms with Gasteiger partial charge in [-0.05, 0) is 54.9 Å². The summed E-state index contributed by atoms with van der Waals surface area (Å²) in [7, 11) is 0. The highest BCUT2D eigenvalue weighted by molar-refractivity contribution is 5.47. The molecule has 0 aliphatic heterocycles. The number of aliphatic hydroxyl groups is 1. The summed E-state index contributed by atoms with van der Waals surface area (Å²) in [4.78, 5) is 0. The Morgan fingerprint density at radius 2 is 1.81 bits per heavy atom. The van der Waals surface area contributed by atoms with Crippen LogP contribution < -0.4 is 5.32 Å². The average molecular weight is 281 g/mol. The first-order valence-corrected chi connectivity index (χ1v) is 7.86. The van der Waals surface area contributed by atoms with E-state index in [2.05, 4.69) is 59.9 Å². The second kappa shape index (κ2) is 6.77. The van der Waals surface area contributed by atoms with E-state index in [1.165, 1.54) is 29.7 Å². The van der Waals surface area contributed by atoms with Crippen LogP contribution in [-0.4, -0.2) is 17.8 Å². The normalized spacial score (nSPS) is 20.8. The molecule has 2 N–H and O–H groups in total. The van der Waals surface area contributed by atoms with Gasteiger partial charge in [-0.1, -0.05) is 42.5 Å². The molecule has 0 amide bonds. The van der Waals surface area contributed by atoms with Gasteiger partial charge in [-0.25, -0.2) is 0 Å². The summed E-state index contributed by atoms with van der Waals surface area (Å²) >= 11 is 0. The van der Waals surface area contributed by atoms with Crippen molar-refractivity contribution in [1.82, 2.24) is 0 Å². The van der Waals surface area contributed by atoms with Crippen LogP contribution in [0.3, 0.4) is 0 Å². The second-order valence-corrected chi connectivity index (χ2v) is 5.95. The van der Waals surface area contributed by atoms with E-state index in [0.717, 1.165) is 12.8 Å². The average Bonchev–Trinajstić information content (AvgIpc) is 2.50. The maximum atomic E-state index is 8.91. The van der Waals surface area contributed by atoms with E-state index < -0.39 is 0 Å². The molecular weight excluding hydrogens is 258 g/mol. The summed E-state index contributed by atoms with van der Waals surface area (Å²) < 4.78 is 0. The maximum Gasteiger partial charge on any atom is 0.0434 e. The molecule has 2 aromatic carbocycles. The molecule has 2 heteroatoms. The molecule has 0 atom stereocenters. The quantitative estimate of drug-likeness (QED) is 0.839. The van der Waals surface area contributed by atoms with Gasteiger partial charge in [-0.15, -0.1) is 0 Å². The molecule has 1 fully saturated rings. The third-order valence-corrected chi connectivity index (χ3v) is 4.33. The number of anilines is 1. The first-order chi connectivity index (χ1) is 10.3. The zero-order chi connectivity index (χ0) is 14.5. The van der Waals surface area contributed by atoms with Crippen molar-refractivity contribution in [2.24, 2.45) is 0 Å². The minimum atomic E-state index is 0.263. The molecule has 0 aromatic heterocycles. The minimum Gasteiger partial charge on any atom is -0.396 e. The van der Waals surface area contributed by atoms with E-state index in [4.69, 9.17) is 5.11 Å². The van der Waals surface area contributed by atoms with Crippen molar-refractivity contribution in [2.45, 2.75) is 37.6 Å². The van der Waals surface area contributed by atoms with E-state index in [0.29, 0.717) is 12.0 Å². The molecule has 0 unspecified atom stereocenters. The Bertz CT molecular complexity index is 561. The topological polar surface area (TPSA) is 32.3 Å². The van der Waals surface area contributed by atoms with Crippen molar-refractivity contribution < 1.29 is 5.11 Å². The molecule has 0 heterocycles. The predicted octanol–water partition coefficient (Wildman–Crippen LogP) is 3.97. The standard InChI is InChI=1S/C19H23NO/c21-11-5-7-15-6-4-10-18(12-15)20-19-13-17(14-19)16-8-2-1-3-9-16/h1-4,6,8-10,12,17,19-21H,5,7,11,13-14H2. The summed E-state index contributed by atoms with van der Waals surface area (Å²) in [5, 5.41) is 12.5. The first-order valence-electron chi connectivity index (χ1n) is 7.86. The number of hydrogen-bond donors (Lipinski definition) is 2. The van der Waals surface area contributed by atoms with Crippen molar-refractivity contribution in [3.8, 4) is 0 Å². The Kier molecular flexibility index (Phi) is 4.56. The lowest BCUT2D eigenvalue weighted by molar-refractivity contribution is 0.288. The van der Waals surface area contributed by atoms with Gasteiger partial charge in [-0.2, -0.15) is 0 Å². The number of rotatable bonds is 6. The molecule has 3 rings (SSSR count). The van der Waals surface area contributed by atoms with E-state index in [1.54, 1.807) is 0 Å². The van der Waals surface area contributed by atoms with Crippen molar-refractivity contribution in [3.05, 3.63) is 65.7 Å². The summed E-state index contributed by atoms with van der Waals surface area (Å²) in [5.74, 6) is 0.710. The third kappa shape index (κ3) is 3.64. The van der Waals surface area contributed by atoms with E-state index in [9.17, 15) is 0 Å². The highest BCUT2D eigenvalue weighted by atomic mass is 16.2. The van der Waals surface area contributed by atoms with Gasteiger partial charge in [0.25, 0.3) is 0 Å². The lowest BCUT2D eigenvalue weighted by Crippen LogP contribution is -2.33. The molecule has 2 nitrogen and oxygen atoms in total. The lowest BCUT2D eigenvalue weighted by atomic mass is 9.76. The highest BCUT2D eigenvalue weighted by Crippen LogP contribution is 2.38. The Balaban J connectivity index is 1.52. The largest absolute Gasteiger partial charge is 0.396 e. The number of hydrogen-bond acceptors (Lipinski definition) is 2. The van der Waals surface area contributed by atoms with Gasteiger partial charge in [0.1, 0.15) is 0 Å². The smallest absolute Gasteiger partial charge is 0.0434 e. The van der Waals surface area contributed by atoms with Crippen LogP contribution in [0.25, 0.3) is 0 Å². The fourth-order valence-electron chi connectivity index (χ4n) is 3.07. The van der Waals surface area contributed by atoms with Crippen LogP contribution in [0, 0.1) is 0 Å². The van der Waals surface area contributed by atoms with Crippen molar-refractivity contribution in [1.29, 1.82) is 0 Å². The monoisotopic (exact) mass is 281 g/mol. The predicted molar refractivity (Wildman–Crippen MR) is 87.7 cm³/mol. The first kappa shape index (κ1) is 14.2. The van der Waals surface area contributed by atoms with Crippen molar-refractivity contribution >= 4 is 5.69 Å². The minimum absolute atomic E-state index is 0.263. The van der Waals surface area contributed by atoms with Crippen LogP contribution in [0.15, 0.2) is 54.6 Å². The summed E-state index contributed by atoms with van der Waals surface area (Å²) in [6.07, 6.45) is 4.21. The third-order valence-electron chi connectivity index (χ3n) is 4.33. The Morgan fingerprint density at radius 1 is 1.00 bits per heavy atom. The summed E-state index contributed by atoms with van der Waals surface area (Å²) in [6, 6.07) is 20.0. The number of benzene rings is 2. The summed E-state index contributed by atoms with van der Waals surface area (Å²) in [5.41, 5.74) is 3.97. The Hall–Kier alpha value is -1.80. The Morgan fingerprint density at radius 3 is 2.57 bits per heavy atom. The molecule has 1 aliphatic rings. The van der Waals surface area contributed by atoms with Gasteiger partial charge >= 0.3 is 0 Å². The van der Waals surface area contributed by atoms with Gasteiger partial charge in [0.15, 0.2) is 0 Å². The van der Waals surface area contributed by atoms with Crippen LogP contribution in [0.2, 0.25) is 0 Å². The van der Waals surface area contributed by atoms with Gasteiger partial charge in [0.05, 0.1) is 0 Å². The highest BCUT2D eigenvalue weighted by Gasteiger charge is 2.29. The fourth-order valence-corrected chi connectivity index (χ4v) is 3.07. The van der Waals surface area contributed by atoms with Gasteiger partial charge in [0, 0.05) is 18.3 Å². The van der Waals surface area contributed by atoms with E-state index in [1.807, 2.05) is 0 Å². The van der Waals surface area contributed by atoms with E-state index >= 15 is 0 Å². The molecule has 1 aliphatic carbocycles. The summed E-state index contributed by atoms with van der Waals surface area (Å²) in [6.45, 7) is 0.263. The molecule has 0 spiro atoms.